The van der Waals surface area contributed by atoms with Crippen molar-refractivity contribution in [3.8, 4) is 0 Å². The summed E-state index contributed by atoms with van der Waals surface area (Å²) in [5.41, 5.74) is 8.30. The van der Waals surface area contributed by atoms with Gasteiger partial charge < -0.3 is 11.1 Å². The minimum absolute atomic E-state index is 0.110. The van der Waals surface area contributed by atoms with E-state index in [2.05, 4.69) is 19.2 Å². The summed E-state index contributed by atoms with van der Waals surface area (Å²) in [5.74, 6) is -0.532. The number of hydrogen-bond donors (Lipinski definition) is 2. The molecule has 23 heavy (non-hydrogen) atoms. The Labute approximate surface area is 136 Å². The molecule has 0 aliphatic carbocycles. The van der Waals surface area contributed by atoms with E-state index in [1.54, 1.807) is 6.92 Å². The van der Waals surface area contributed by atoms with Crippen molar-refractivity contribution >= 4 is 17.3 Å². The maximum atomic E-state index is 13.7. The second-order valence-electron chi connectivity index (χ2n) is 6.29. The normalized spacial score (nSPS) is 12.2. The molecule has 1 amide bonds. The molecule has 0 bridgehead atoms. The van der Waals surface area contributed by atoms with Crippen molar-refractivity contribution in [3.63, 3.8) is 0 Å². The average Bonchev–Trinajstić information content (AvgIpc) is 2.50. The van der Waals surface area contributed by atoms with Gasteiger partial charge in [0, 0.05) is 5.69 Å². The lowest BCUT2D eigenvalue weighted by atomic mass is 9.96. The van der Waals surface area contributed by atoms with Crippen molar-refractivity contribution in [1.29, 1.82) is 0 Å². The van der Waals surface area contributed by atoms with Gasteiger partial charge in [0.15, 0.2) is 0 Å². The molecule has 0 saturated carbocycles. The SMILES string of the molecule is CC(C)Cc1ccc(C(C)C(=O)Nc2cc(N)ccc2F)cc1. The molecule has 0 spiro atoms. The van der Waals surface area contributed by atoms with Crippen LogP contribution in [0.4, 0.5) is 15.8 Å². The number of nitrogen functional groups attached to an aromatic ring is 1. The molecule has 1 unspecified atom stereocenters. The second kappa shape index (κ2) is 7.27. The first-order valence-electron chi connectivity index (χ1n) is 7.81. The number of anilines is 2. The number of nitrogens with one attached hydrogen (secondary N) is 1. The first-order valence-corrected chi connectivity index (χ1v) is 7.81. The lowest BCUT2D eigenvalue weighted by Gasteiger charge is -2.14. The van der Waals surface area contributed by atoms with E-state index in [1.165, 1.54) is 23.8 Å². The number of amides is 1. The van der Waals surface area contributed by atoms with Crippen molar-refractivity contribution in [2.75, 3.05) is 11.1 Å². The van der Waals surface area contributed by atoms with Gasteiger partial charge in [0.1, 0.15) is 5.82 Å². The second-order valence-corrected chi connectivity index (χ2v) is 6.29. The molecule has 0 aliphatic rings. The number of carbonyl (C=O) groups is 1. The van der Waals surface area contributed by atoms with Crippen LogP contribution in [0.2, 0.25) is 0 Å². The smallest absolute Gasteiger partial charge is 0.231 e. The summed E-state index contributed by atoms with van der Waals surface area (Å²) in [6.45, 7) is 6.14. The maximum absolute atomic E-state index is 13.7. The maximum Gasteiger partial charge on any atom is 0.231 e. The van der Waals surface area contributed by atoms with E-state index in [4.69, 9.17) is 5.73 Å². The molecule has 0 radical (unpaired) electrons. The zero-order chi connectivity index (χ0) is 17.0. The fourth-order valence-corrected chi connectivity index (χ4v) is 2.44. The summed E-state index contributed by atoms with van der Waals surface area (Å²) < 4.78 is 13.7. The Kier molecular flexibility index (Phi) is 5.37. The van der Waals surface area contributed by atoms with Crippen LogP contribution >= 0.6 is 0 Å². The van der Waals surface area contributed by atoms with Crippen LogP contribution < -0.4 is 11.1 Å². The fraction of sp³-hybridized carbons (Fsp3) is 0.316. The molecule has 1 atom stereocenters. The molecule has 0 fully saturated rings. The van der Waals surface area contributed by atoms with Gasteiger partial charge in [0.05, 0.1) is 11.6 Å². The number of benzene rings is 2. The van der Waals surface area contributed by atoms with Gasteiger partial charge in [-0.15, -0.1) is 0 Å². The largest absolute Gasteiger partial charge is 0.399 e. The molecular weight excluding hydrogens is 291 g/mol. The zero-order valence-corrected chi connectivity index (χ0v) is 13.8. The quantitative estimate of drug-likeness (QED) is 0.806. The summed E-state index contributed by atoms with van der Waals surface area (Å²) in [5, 5.41) is 2.60. The number of rotatable bonds is 5. The minimum Gasteiger partial charge on any atom is -0.399 e. The number of carbonyl (C=O) groups excluding carboxylic acids is 1. The highest BCUT2D eigenvalue weighted by atomic mass is 19.1. The first kappa shape index (κ1) is 17.0. The van der Waals surface area contributed by atoms with E-state index >= 15 is 0 Å². The Hall–Kier alpha value is -2.36. The molecule has 122 valence electrons. The van der Waals surface area contributed by atoms with Gasteiger partial charge >= 0.3 is 0 Å². The van der Waals surface area contributed by atoms with E-state index in [0.29, 0.717) is 11.6 Å². The summed E-state index contributed by atoms with van der Waals surface area (Å²) in [4.78, 5) is 12.3. The van der Waals surface area contributed by atoms with Crippen LogP contribution in [0.3, 0.4) is 0 Å². The summed E-state index contributed by atoms with van der Waals surface area (Å²) >= 11 is 0. The van der Waals surface area contributed by atoms with Crippen molar-refractivity contribution < 1.29 is 9.18 Å². The van der Waals surface area contributed by atoms with Crippen molar-refractivity contribution in [2.45, 2.75) is 33.1 Å². The third-order valence-corrected chi connectivity index (χ3v) is 3.77. The van der Waals surface area contributed by atoms with Gasteiger partial charge in [0.2, 0.25) is 5.91 Å². The minimum atomic E-state index is -0.493. The molecule has 3 nitrogen and oxygen atoms in total. The third kappa shape index (κ3) is 4.55. The van der Waals surface area contributed by atoms with E-state index < -0.39 is 5.82 Å². The highest BCUT2D eigenvalue weighted by Crippen LogP contribution is 2.22. The standard InChI is InChI=1S/C19H23FN2O/c1-12(2)10-14-4-6-15(7-5-14)13(3)19(23)22-18-11-16(21)8-9-17(18)20/h4-9,11-13H,10,21H2,1-3H3,(H,22,23). The molecule has 2 aromatic rings. The molecule has 2 rings (SSSR count). The van der Waals surface area contributed by atoms with Crippen molar-refractivity contribution in [1.82, 2.24) is 0 Å². The van der Waals surface area contributed by atoms with E-state index in [9.17, 15) is 9.18 Å². The van der Waals surface area contributed by atoms with Gasteiger partial charge in [-0.2, -0.15) is 0 Å². The van der Waals surface area contributed by atoms with Gasteiger partial charge in [0.25, 0.3) is 0 Å². The predicted octanol–water partition coefficient (Wildman–Crippen LogP) is 4.35. The molecule has 0 aromatic heterocycles. The Balaban J connectivity index is 2.08. The highest BCUT2D eigenvalue weighted by molar-refractivity contribution is 5.96. The Bertz CT molecular complexity index is 680. The Morgan fingerprint density at radius 3 is 2.39 bits per heavy atom. The lowest BCUT2D eigenvalue weighted by Crippen LogP contribution is -2.19. The predicted molar refractivity (Wildman–Crippen MR) is 92.8 cm³/mol. The van der Waals surface area contributed by atoms with Gasteiger partial charge in [-0.1, -0.05) is 38.1 Å². The molecule has 0 saturated heterocycles. The Morgan fingerprint density at radius 2 is 1.78 bits per heavy atom. The van der Waals surface area contributed by atoms with Gasteiger partial charge in [-0.25, -0.2) is 4.39 Å². The van der Waals surface area contributed by atoms with E-state index in [0.717, 1.165) is 12.0 Å². The van der Waals surface area contributed by atoms with E-state index in [-0.39, 0.29) is 17.5 Å². The highest BCUT2D eigenvalue weighted by Gasteiger charge is 2.17. The molecular formula is C19H23FN2O. The molecule has 0 aliphatic heterocycles. The molecule has 3 N–H and O–H groups in total. The fourth-order valence-electron chi connectivity index (χ4n) is 2.44. The van der Waals surface area contributed by atoms with Crippen LogP contribution in [0, 0.1) is 11.7 Å². The van der Waals surface area contributed by atoms with Crippen LogP contribution in [-0.2, 0) is 11.2 Å². The molecule has 0 heterocycles. The third-order valence-electron chi connectivity index (χ3n) is 3.77. The van der Waals surface area contributed by atoms with Gasteiger partial charge in [-0.3, -0.25) is 4.79 Å². The van der Waals surface area contributed by atoms with E-state index in [1.807, 2.05) is 24.3 Å². The summed E-state index contributed by atoms with van der Waals surface area (Å²) in [7, 11) is 0. The van der Waals surface area contributed by atoms with Crippen LogP contribution in [0.5, 0.6) is 0 Å². The summed E-state index contributed by atoms with van der Waals surface area (Å²) in [6.07, 6.45) is 1.01. The molecule has 2 aromatic carbocycles. The van der Waals surface area contributed by atoms with Crippen LogP contribution in [-0.4, -0.2) is 5.91 Å². The Morgan fingerprint density at radius 1 is 1.13 bits per heavy atom. The number of hydrogen-bond acceptors (Lipinski definition) is 2. The number of halogens is 1. The summed E-state index contributed by atoms with van der Waals surface area (Å²) in [6, 6.07) is 12.1. The van der Waals surface area contributed by atoms with Crippen LogP contribution in [0.1, 0.15) is 37.8 Å². The monoisotopic (exact) mass is 314 g/mol. The first-order chi connectivity index (χ1) is 10.9. The topological polar surface area (TPSA) is 55.1 Å². The lowest BCUT2D eigenvalue weighted by molar-refractivity contribution is -0.117. The van der Waals surface area contributed by atoms with Crippen molar-refractivity contribution in [2.24, 2.45) is 5.92 Å². The average molecular weight is 314 g/mol. The van der Waals surface area contributed by atoms with Crippen LogP contribution in [0.25, 0.3) is 0 Å². The zero-order valence-electron chi connectivity index (χ0n) is 13.8. The molecule has 4 heteroatoms. The van der Waals surface area contributed by atoms with Crippen molar-refractivity contribution in [3.05, 3.63) is 59.4 Å². The van der Waals surface area contributed by atoms with Gasteiger partial charge in [-0.05, 0) is 48.6 Å². The van der Waals surface area contributed by atoms with Crippen LogP contribution in [0.15, 0.2) is 42.5 Å². The number of nitrogens with two attached hydrogens (primary N) is 1.